The van der Waals surface area contributed by atoms with Gasteiger partial charge in [-0.1, -0.05) is 57.1 Å². The predicted octanol–water partition coefficient (Wildman–Crippen LogP) is 8.33. The van der Waals surface area contributed by atoms with Crippen LogP contribution in [0.4, 0.5) is 24.5 Å². The maximum absolute atomic E-state index is 12.4. The van der Waals surface area contributed by atoms with E-state index in [1.165, 1.54) is 30.3 Å². The fourth-order valence-electron chi connectivity index (χ4n) is 4.65. The molecule has 12 heteroatoms. The molecule has 0 saturated carbocycles. The van der Waals surface area contributed by atoms with Crippen LogP contribution in [0.5, 0.6) is 11.5 Å². The second kappa shape index (κ2) is 20.4. The van der Waals surface area contributed by atoms with Crippen LogP contribution in [0, 0.1) is 0 Å². The van der Waals surface area contributed by atoms with Gasteiger partial charge in [0.25, 0.3) is 0 Å². The van der Waals surface area contributed by atoms with Gasteiger partial charge in [0.05, 0.1) is 37.4 Å². The molecule has 264 valence electrons. The van der Waals surface area contributed by atoms with Crippen molar-refractivity contribution in [2.45, 2.75) is 70.4 Å². The summed E-state index contributed by atoms with van der Waals surface area (Å²) in [5.74, 6) is -0.990. The van der Waals surface area contributed by atoms with Crippen molar-refractivity contribution in [1.29, 1.82) is 0 Å². The number of anilines is 2. The number of ether oxygens (including phenoxy) is 4. The molecular weight excluding hydrogens is 641 g/mol. The highest BCUT2D eigenvalue weighted by molar-refractivity contribution is 5.92. The number of rotatable bonds is 20. The lowest BCUT2D eigenvalue weighted by Gasteiger charge is -2.09. The van der Waals surface area contributed by atoms with E-state index in [9.17, 15) is 27.6 Å². The molecule has 0 saturated heterocycles. The highest BCUT2D eigenvalue weighted by atomic mass is 19.4. The van der Waals surface area contributed by atoms with Crippen LogP contribution < -0.4 is 20.9 Å². The smallest absolute Gasteiger partial charge is 0.392 e. The predicted molar refractivity (Wildman–Crippen MR) is 181 cm³/mol. The molecule has 3 aromatic rings. The summed E-state index contributed by atoms with van der Waals surface area (Å²) >= 11 is 0. The Balaban J connectivity index is 1.18. The van der Waals surface area contributed by atoms with E-state index in [1.807, 2.05) is 0 Å². The number of carbonyl (C=O) groups is 3. The van der Waals surface area contributed by atoms with E-state index in [1.54, 1.807) is 48.5 Å². The van der Waals surface area contributed by atoms with Crippen molar-refractivity contribution in [3.63, 3.8) is 0 Å². The number of benzene rings is 3. The molecule has 4 N–H and O–H groups in total. The summed E-state index contributed by atoms with van der Waals surface area (Å²) in [6, 6.07) is 16.8. The highest BCUT2D eigenvalue weighted by Crippen LogP contribution is 2.22. The third kappa shape index (κ3) is 16.1. The Kier molecular flexibility index (Phi) is 16.0. The van der Waals surface area contributed by atoms with Gasteiger partial charge in [-0.25, -0.2) is 14.4 Å². The van der Waals surface area contributed by atoms with Gasteiger partial charge in [-0.3, -0.25) is 0 Å². The average Bonchev–Trinajstić information content (AvgIpc) is 3.05. The van der Waals surface area contributed by atoms with Gasteiger partial charge in [-0.15, -0.1) is 0 Å². The molecule has 0 radical (unpaired) electrons. The van der Waals surface area contributed by atoms with Crippen LogP contribution in [0.3, 0.4) is 0 Å². The highest BCUT2D eigenvalue weighted by Gasteiger charge is 2.26. The van der Waals surface area contributed by atoms with Gasteiger partial charge in [0, 0.05) is 17.5 Å². The molecule has 3 aromatic carbocycles. The quantitative estimate of drug-likeness (QED) is 0.0395. The Hall–Kier alpha value is -5.00. The fourth-order valence-corrected chi connectivity index (χ4v) is 4.65. The van der Waals surface area contributed by atoms with E-state index in [2.05, 4.69) is 0 Å². The molecule has 0 aliphatic rings. The van der Waals surface area contributed by atoms with Crippen molar-refractivity contribution in [2.24, 2.45) is 0 Å². The molecule has 3 rings (SSSR count). The van der Waals surface area contributed by atoms with Crippen LogP contribution in [-0.2, 0) is 14.3 Å². The molecule has 0 heterocycles. The Morgan fingerprint density at radius 3 is 1.71 bits per heavy atom. The number of alkyl halides is 3. The molecule has 0 atom stereocenters. The minimum atomic E-state index is -4.30. The molecular formula is C37H43F3N2O7. The van der Waals surface area contributed by atoms with E-state index in [-0.39, 0.29) is 17.1 Å². The Morgan fingerprint density at radius 2 is 1.14 bits per heavy atom. The van der Waals surface area contributed by atoms with Crippen molar-refractivity contribution < 1.29 is 46.5 Å². The SMILES string of the molecule is Nc1cc(N)cc(C(=O)OCCCCCCCCCCCOC(=O)C=Cc2ccc(OC(=O)c3ccc(OCCC(F)(F)F)cc3)cc2)c1. The molecule has 0 aliphatic heterocycles. The standard InChI is InChI=1S/C37H43F3N2O7/c38-37(39,40)20-23-46-32-17-13-28(14-18-32)36(45)49-33-15-10-27(11-16-33)12-19-34(43)47-21-8-6-4-2-1-3-5-7-9-22-48-35(44)29-24-30(41)26-31(42)25-29/h10-19,24-26H,1-9,20-23,41-42H2. The summed E-state index contributed by atoms with van der Waals surface area (Å²) in [7, 11) is 0. The lowest BCUT2D eigenvalue weighted by Crippen LogP contribution is -2.13. The van der Waals surface area contributed by atoms with Crippen LogP contribution in [0.2, 0.25) is 0 Å². The van der Waals surface area contributed by atoms with Gasteiger partial charge < -0.3 is 30.4 Å². The van der Waals surface area contributed by atoms with Gasteiger partial charge in [-0.05, 0) is 79.1 Å². The minimum Gasteiger partial charge on any atom is -0.493 e. The summed E-state index contributed by atoms with van der Waals surface area (Å²) in [5, 5.41) is 0. The molecule has 0 aliphatic carbocycles. The van der Waals surface area contributed by atoms with Gasteiger partial charge in [-0.2, -0.15) is 13.2 Å². The van der Waals surface area contributed by atoms with Gasteiger partial charge in [0.2, 0.25) is 0 Å². The van der Waals surface area contributed by atoms with Crippen molar-refractivity contribution in [3.05, 3.63) is 89.5 Å². The van der Waals surface area contributed by atoms with Gasteiger partial charge >= 0.3 is 24.1 Å². The number of unbranched alkanes of at least 4 members (excludes halogenated alkanes) is 8. The first-order valence-corrected chi connectivity index (χ1v) is 16.3. The maximum Gasteiger partial charge on any atom is 0.392 e. The minimum absolute atomic E-state index is 0.210. The number of hydrogen-bond acceptors (Lipinski definition) is 9. The van der Waals surface area contributed by atoms with Crippen LogP contribution in [0.15, 0.2) is 72.8 Å². The Bertz CT molecular complexity index is 1490. The summed E-state index contributed by atoms with van der Waals surface area (Å²) in [6.45, 7) is 0.202. The number of nitrogen functional groups attached to an aromatic ring is 2. The third-order valence-electron chi connectivity index (χ3n) is 7.23. The number of hydrogen-bond donors (Lipinski definition) is 2. The number of carbonyl (C=O) groups excluding carboxylic acids is 3. The largest absolute Gasteiger partial charge is 0.493 e. The molecule has 0 amide bonds. The summed E-state index contributed by atoms with van der Waals surface area (Å²) in [4.78, 5) is 36.5. The topological polar surface area (TPSA) is 140 Å². The second-order valence-electron chi connectivity index (χ2n) is 11.4. The molecule has 49 heavy (non-hydrogen) atoms. The molecule has 0 fully saturated rings. The van der Waals surface area contributed by atoms with Crippen LogP contribution in [-0.4, -0.2) is 43.9 Å². The van der Waals surface area contributed by atoms with Crippen LogP contribution in [0.1, 0.15) is 90.5 Å². The first-order valence-electron chi connectivity index (χ1n) is 16.3. The average molecular weight is 685 g/mol. The molecule has 0 aromatic heterocycles. The fraction of sp³-hybridized carbons (Fsp3) is 0.378. The van der Waals surface area contributed by atoms with Crippen LogP contribution in [0.25, 0.3) is 6.08 Å². The zero-order valence-corrected chi connectivity index (χ0v) is 27.3. The second-order valence-corrected chi connectivity index (χ2v) is 11.4. The van der Waals surface area contributed by atoms with E-state index in [4.69, 9.17) is 30.4 Å². The first kappa shape index (κ1) is 38.4. The summed E-state index contributed by atoms with van der Waals surface area (Å²) in [5.41, 5.74) is 13.6. The Labute approximate surface area is 284 Å². The zero-order valence-electron chi connectivity index (χ0n) is 27.3. The lowest BCUT2D eigenvalue weighted by atomic mass is 10.1. The Morgan fingerprint density at radius 1 is 0.612 bits per heavy atom. The lowest BCUT2D eigenvalue weighted by molar-refractivity contribution is -0.140. The van der Waals surface area contributed by atoms with Crippen molar-refractivity contribution >= 4 is 35.4 Å². The number of nitrogens with two attached hydrogens (primary N) is 2. The molecule has 0 unspecified atom stereocenters. The zero-order chi connectivity index (χ0) is 35.5. The first-order chi connectivity index (χ1) is 23.5. The normalized spacial score (nSPS) is 11.3. The maximum atomic E-state index is 12.4. The van der Waals surface area contributed by atoms with Crippen molar-refractivity contribution in [3.8, 4) is 11.5 Å². The van der Waals surface area contributed by atoms with Crippen molar-refractivity contribution in [2.75, 3.05) is 31.3 Å². The van der Waals surface area contributed by atoms with E-state index >= 15 is 0 Å². The molecule has 0 spiro atoms. The summed E-state index contributed by atoms with van der Waals surface area (Å²) in [6.07, 6.45) is 6.63. The molecule has 0 bridgehead atoms. The number of esters is 3. The number of halogens is 3. The van der Waals surface area contributed by atoms with Crippen molar-refractivity contribution in [1.82, 2.24) is 0 Å². The van der Waals surface area contributed by atoms with E-state index in [0.29, 0.717) is 35.7 Å². The van der Waals surface area contributed by atoms with Crippen LogP contribution >= 0.6 is 0 Å². The summed E-state index contributed by atoms with van der Waals surface area (Å²) < 4.78 is 57.7. The van der Waals surface area contributed by atoms with E-state index in [0.717, 1.165) is 57.8 Å². The van der Waals surface area contributed by atoms with Gasteiger partial charge in [0.1, 0.15) is 11.5 Å². The van der Waals surface area contributed by atoms with E-state index < -0.39 is 37.1 Å². The molecule has 9 nitrogen and oxygen atoms in total. The monoisotopic (exact) mass is 684 g/mol. The van der Waals surface area contributed by atoms with Gasteiger partial charge in [0.15, 0.2) is 0 Å². The third-order valence-corrected chi connectivity index (χ3v) is 7.23.